The van der Waals surface area contributed by atoms with Gasteiger partial charge in [0.25, 0.3) is 0 Å². The van der Waals surface area contributed by atoms with Gasteiger partial charge in [-0.25, -0.2) is 4.39 Å². The standard InChI is InChI=1S/C30H34FN3O2/c1-34(19-20-8-3-2-4-9-20)30(36)28-17-22-14-21(15-23(31)16-22)10-7-13-27-25(18-29(35)33-28)24-11-5-6-12-26(24)32-27/h2-4,6,8-9,12,15-16,21,28,32H,5,7,10-11,13-14,17-19H2,1H3,(H,33,35). The second-order valence-electron chi connectivity index (χ2n) is 10.3. The van der Waals surface area contributed by atoms with Gasteiger partial charge >= 0.3 is 0 Å². The fraction of sp³-hybridized carbons (Fsp3) is 0.400. The van der Waals surface area contributed by atoms with Crippen LogP contribution in [0.2, 0.25) is 0 Å². The Labute approximate surface area is 212 Å². The van der Waals surface area contributed by atoms with E-state index in [4.69, 9.17) is 0 Å². The predicted molar refractivity (Wildman–Crippen MR) is 140 cm³/mol. The molecule has 0 saturated heterocycles. The minimum absolute atomic E-state index is 0.104. The maximum Gasteiger partial charge on any atom is 0.245 e. The minimum Gasteiger partial charge on any atom is -0.358 e. The van der Waals surface area contributed by atoms with E-state index < -0.39 is 6.04 Å². The summed E-state index contributed by atoms with van der Waals surface area (Å²) in [6.07, 6.45) is 13.3. The van der Waals surface area contributed by atoms with Gasteiger partial charge in [0, 0.05) is 25.0 Å². The highest BCUT2D eigenvalue weighted by atomic mass is 19.1. The number of hydrogen-bond acceptors (Lipinski definition) is 2. The summed E-state index contributed by atoms with van der Waals surface area (Å²) in [7, 11) is 1.76. The smallest absolute Gasteiger partial charge is 0.245 e. The van der Waals surface area contributed by atoms with Crippen LogP contribution in [0.15, 0.2) is 60.0 Å². The number of fused-ring (bicyclic) bond motifs is 5. The molecule has 1 aromatic heterocycles. The van der Waals surface area contributed by atoms with E-state index in [1.165, 1.54) is 5.56 Å². The van der Waals surface area contributed by atoms with Gasteiger partial charge in [0.05, 0.1) is 6.42 Å². The molecule has 2 unspecified atom stereocenters. The van der Waals surface area contributed by atoms with Crippen molar-refractivity contribution in [1.82, 2.24) is 15.2 Å². The number of aromatic nitrogens is 1. The van der Waals surface area contributed by atoms with Gasteiger partial charge in [0.1, 0.15) is 11.9 Å². The van der Waals surface area contributed by atoms with Gasteiger partial charge in [-0.3, -0.25) is 9.59 Å². The predicted octanol–water partition coefficient (Wildman–Crippen LogP) is 5.19. The number of amides is 2. The largest absolute Gasteiger partial charge is 0.358 e. The monoisotopic (exact) mass is 487 g/mol. The second-order valence-corrected chi connectivity index (χ2v) is 10.3. The van der Waals surface area contributed by atoms with Gasteiger partial charge in [-0.1, -0.05) is 42.0 Å². The van der Waals surface area contributed by atoms with Crippen LogP contribution >= 0.6 is 0 Å². The van der Waals surface area contributed by atoms with Crippen LogP contribution < -0.4 is 5.32 Å². The summed E-state index contributed by atoms with van der Waals surface area (Å²) >= 11 is 0. The lowest BCUT2D eigenvalue weighted by Crippen LogP contribution is -2.48. The number of carbonyl (C=O) groups is 2. The van der Waals surface area contributed by atoms with Gasteiger partial charge < -0.3 is 15.2 Å². The number of nitrogens with zero attached hydrogens (tertiary/aromatic N) is 1. The van der Waals surface area contributed by atoms with E-state index in [2.05, 4.69) is 22.5 Å². The maximum atomic E-state index is 14.5. The molecular weight excluding hydrogens is 453 g/mol. The highest BCUT2D eigenvalue weighted by molar-refractivity contribution is 5.89. The number of benzene rings is 1. The summed E-state index contributed by atoms with van der Waals surface area (Å²) in [5, 5.41) is 3.03. The number of rotatable bonds is 3. The van der Waals surface area contributed by atoms with E-state index in [0.29, 0.717) is 19.4 Å². The van der Waals surface area contributed by atoms with Crippen molar-refractivity contribution >= 4 is 17.9 Å². The van der Waals surface area contributed by atoms with Crippen molar-refractivity contribution in [3.8, 4) is 0 Å². The molecule has 2 aromatic rings. The number of H-pyrrole nitrogens is 1. The SMILES string of the molecule is CN(Cc1ccccc1)C(=O)C1CC2=CC(F)=CC(CCCc3[nH]c4c(c3CC(=O)N1)CCC=C4)C2. The summed E-state index contributed by atoms with van der Waals surface area (Å²) in [6, 6.07) is 9.06. The van der Waals surface area contributed by atoms with E-state index in [0.717, 1.165) is 60.2 Å². The summed E-state index contributed by atoms with van der Waals surface area (Å²) in [4.78, 5) is 32.1. The number of nitrogens with one attached hydrogen (secondary N) is 2. The van der Waals surface area contributed by atoms with E-state index in [-0.39, 0.29) is 30.0 Å². The van der Waals surface area contributed by atoms with Gasteiger partial charge in [-0.05, 0) is 85.8 Å². The molecule has 36 heavy (non-hydrogen) atoms. The lowest BCUT2D eigenvalue weighted by molar-refractivity contribution is -0.135. The molecule has 2 N–H and O–H groups in total. The van der Waals surface area contributed by atoms with E-state index in [9.17, 15) is 14.0 Å². The van der Waals surface area contributed by atoms with Crippen molar-refractivity contribution in [1.29, 1.82) is 0 Å². The Hall–Kier alpha value is -3.41. The average molecular weight is 488 g/mol. The summed E-state index contributed by atoms with van der Waals surface area (Å²) in [5.41, 5.74) is 6.38. The van der Waals surface area contributed by atoms with Crippen LogP contribution in [0.1, 0.15) is 60.2 Å². The quantitative estimate of drug-likeness (QED) is 0.626. The number of aryl methyl sites for hydroxylation is 1. The van der Waals surface area contributed by atoms with Crippen LogP contribution in [0.3, 0.4) is 0 Å². The van der Waals surface area contributed by atoms with Crippen molar-refractivity contribution in [3.63, 3.8) is 0 Å². The number of hydrogen-bond donors (Lipinski definition) is 2. The highest BCUT2D eigenvalue weighted by Gasteiger charge is 2.29. The summed E-state index contributed by atoms with van der Waals surface area (Å²) in [6.45, 7) is 0.448. The lowest BCUT2D eigenvalue weighted by Gasteiger charge is -2.27. The van der Waals surface area contributed by atoms with Crippen LogP contribution in [0.25, 0.3) is 6.08 Å². The van der Waals surface area contributed by atoms with Gasteiger partial charge in [-0.15, -0.1) is 0 Å². The topological polar surface area (TPSA) is 65.2 Å². The fourth-order valence-corrected chi connectivity index (χ4v) is 5.80. The van der Waals surface area contributed by atoms with E-state index in [1.807, 2.05) is 30.3 Å². The van der Waals surface area contributed by atoms with Gasteiger partial charge in [-0.2, -0.15) is 0 Å². The van der Waals surface area contributed by atoms with E-state index in [1.54, 1.807) is 24.1 Å². The summed E-state index contributed by atoms with van der Waals surface area (Å²) in [5.74, 6) is -0.462. The number of aromatic amines is 1. The molecule has 1 aromatic carbocycles. The summed E-state index contributed by atoms with van der Waals surface area (Å²) < 4.78 is 14.5. The first kappa shape index (κ1) is 24.3. The zero-order valence-electron chi connectivity index (χ0n) is 20.9. The molecule has 2 amide bonds. The van der Waals surface area contributed by atoms with Crippen LogP contribution in [0.5, 0.6) is 0 Å². The first-order valence-corrected chi connectivity index (χ1v) is 13.0. The number of carbonyl (C=O) groups excluding carboxylic acids is 2. The Kier molecular flexibility index (Phi) is 7.21. The van der Waals surface area contributed by atoms with E-state index >= 15 is 0 Å². The molecule has 0 radical (unpaired) electrons. The zero-order chi connectivity index (χ0) is 25.1. The molecule has 2 aliphatic carbocycles. The van der Waals surface area contributed by atoms with Crippen LogP contribution in [-0.4, -0.2) is 34.8 Å². The van der Waals surface area contributed by atoms with Gasteiger partial charge in [0.15, 0.2) is 0 Å². The molecule has 0 saturated carbocycles. The molecule has 3 aliphatic rings. The molecular formula is C30H34FN3O2. The fourth-order valence-electron chi connectivity index (χ4n) is 5.80. The molecule has 2 atom stereocenters. The molecule has 2 bridgehead atoms. The zero-order valence-corrected chi connectivity index (χ0v) is 20.9. The highest BCUT2D eigenvalue weighted by Crippen LogP contribution is 2.32. The first-order chi connectivity index (χ1) is 17.5. The van der Waals surface area contributed by atoms with Crippen LogP contribution in [0, 0.1) is 5.92 Å². The Bertz CT molecular complexity index is 1220. The number of halogens is 1. The maximum absolute atomic E-state index is 14.5. The molecule has 5 nitrogen and oxygen atoms in total. The Morgan fingerprint density at radius 1 is 1.14 bits per heavy atom. The average Bonchev–Trinajstić information content (AvgIpc) is 3.20. The Balaban J connectivity index is 1.43. The second kappa shape index (κ2) is 10.7. The van der Waals surface area contributed by atoms with Crippen LogP contribution in [-0.2, 0) is 35.4 Å². The minimum atomic E-state index is -0.733. The third kappa shape index (κ3) is 5.53. The number of likely N-dealkylation sites (N-methyl/N-ethyl adjacent to an activating group) is 1. The van der Waals surface area contributed by atoms with Gasteiger partial charge in [0.2, 0.25) is 11.8 Å². The normalized spacial score (nSPS) is 22.0. The van der Waals surface area contributed by atoms with Crippen molar-refractivity contribution < 1.29 is 14.0 Å². The molecule has 6 heteroatoms. The molecule has 2 heterocycles. The van der Waals surface area contributed by atoms with Crippen molar-refractivity contribution in [2.75, 3.05) is 7.05 Å². The molecule has 0 fully saturated rings. The molecule has 1 aliphatic heterocycles. The number of allylic oxidation sites excluding steroid dienone is 4. The van der Waals surface area contributed by atoms with Crippen molar-refractivity contribution in [2.45, 2.75) is 64.0 Å². The third-order valence-corrected chi connectivity index (χ3v) is 7.52. The first-order valence-electron chi connectivity index (χ1n) is 13.0. The molecule has 188 valence electrons. The molecule has 0 spiro atoms. The third-order valence-electron chi connectivity index (χ3n) is 7.52. The Morgan fingerprint density at radius 2 is 1.97 bits per heavy atom. The Morgan fingerprint density at radius 3 is 2.81 bits per heavy atom. The van der Waals surface area contributed by atoms with Crippen LogP contribution in [0.4, 0.5) is 4.39 Å². The lowest BCUT2D eigenvalue weighted by atomic mass is 9.86. The van der Waals surface area contributed by atoms with Crippen molar-refractivity contribution in [3.05, 3.63) is 88.0 Å². The van der Waals surface area contributed by atoms with Crippen molar-refractivity contribution in [2.24, 2.45) is 5.92 Å². The molecule has 5 rings (SSSR count).